The minimum Gasteiger partial charge on any atom is -0.296 e. The van der Waals surface area contributed by atoms with E-state index in [-0.39, 0.29) is 11.6 Å². The van der Waals surface area contributed by atoms with Crippen molar-refractivity contribution in [2.45, 2.75) is 12.1 Å². The zero-order valence-electron chi connectivity index (χ0n) is 17.0. The summed E-state index contributed by atoms with van der Waals surface area (Å²) in [5.41, 5.74) is 2.68. The van der Waals surface area contributed by atoms with E-state index in [1.165, 1.54) is 29.8 Å². The van der Waals surface area contributed by atoms with E-state index in [4.69, 9.17) is 0 Å². The summed E-state index contributed by atoms with van der Waals surface area (Å²) in [5.74, 6) is -0.525. The van der Waals surface area contributed by atoms with Crippen molar-refractivity contribution >= 4 is 0 Å². The summed E-state index contributed by atoms with van der Waals surface area (Å²) >= 11 is 0. The smallest absolute Gasteiger partial charge is 0.123 e. The van der Waals surface area contributed by atoms with Crippen LogP contribution in [-0.2, 0) is 12.1 Å². The van der Waals surface area contributed by atoms with Gasteiger partial charge < -0.3 is 0 Å². The van der Waals surface area contributed by atoms with Gasteiger partial charge >= 0.3 is 0 Å². The molecule has 3 aromatic carbocycles. The molecule has 4 heteroatoms. The van der Waals surface area contributed by atoms with Gasteiger partial charge in [0.25, 0.3) is 0 Å². The summed E-state index contributed by atoms with van der Waals surface area (Å²) in [6, 6.07) is 23.8. The highest BCUT2D eigenvalue weighted by molar-refractivity contribution is 5.41. The molecule has 0 aliphatic carbocycles. The molecule has 1 aliphatic heterocycles. The van der Waals surface area contributed by atoms with E-state index in [0.717, 1.165) is 37.3 Å². The summed E-state index contributed by atoms with van der Waals surface area (Å²) in [4.78, 5) is 4.78. The molecule has 0 radical (unpaired) electrons. The molecule has 0 amide bonds. The highest BCUT2D eigenvalue weighted by atomic mass is 19.1. The summed E-state index contributed by atoms with van der Waals surface area (Å²) in [5, 5.41) is 0. The first-order valence-corrected chi connectivity index (χ1v) is 10.3. The topological polar surface area (TPSA) is 6.48 Å². The summed E-state index contributed by atoms with van der Waals surface area (Å²) in [6.45, 7) is 7.87. The van der Waals surface area contributed by atoms with Gasteiger partial charge in [-0.05, 0) is 41.0 Å². The van der Waals surface area contributed by atoms with Gasteiger partial charge in [-0.1, -0.05) is 60.7 Å². The molecular formula is C26H26F2N2. The molecular weight excluding hydrogens is 378 g/mol. The lowest BCUT2D eigenvalue weighted by Crippen LogP contribution is -2.60. The Hall–Kier alpha value is -2.82. The maximum absolute atomic E-state index is 13.8. The Morgan fingerprint density at radius 3 is 1.90 bits per heavy atom. The van der Waals surface area contributed by atoms with E-state index in [0.29, 0.717) is 6.54 Å². The molecule has 1 fully saturated rings. The van der Waals surface area contributed by atoms with E-state index in [9.17, 15) is 8.78 Å². The number of nitrogens with zero attached hydrogens (tertiary/aromatic N) is 2. The van der Waals surface area contributed by atoms with Crippen LogP contribution in [0.15, 0.2) is 91.5 Å². The zero-order valence-corrected chi connectivity index (χ0v) is 17.0. The molecule has 0 bridgehead atoms. The Kier molecular flexibility index (Phi) is 6.07. The van der Waals surface area contributed by atoms with Crippen LogP contribution in [0.4, 0.5) is 8.78 Å². The van der Waals surface area contributed by atoms with Crippen molar-refractivity contribution in [3.05, 3.63) is 120 Å². The van der Waals surface area contributed by atoms with Crippen molar-refractivity contribution in [3.8, 4) is 0 Å². The lowest BCUT2D eigenvalue weighted by molar-refractivity contribution is 0.0182. The number of hydrogen-bond donors (Lipinski definition) is 0. The van der Waals surface area contributed by atoms with Crippen LogP contribution in [0.3, 0.4) is 0 Å². The Bertz CT molecular complexity index is 923. The predicted octanol–water partition coefficient (Wildman–Crippen LogP) is 5.21. The van der Waals surface area contributed by atoms with Crippen molar-refractivity contribution in [2.75, 3.05) is 26.2 Å². The molecule has 0 N–H and O–H groups in total. The molecule has 1 saturated heterocycles. The lowest BCUT2D eigenvalue weighted by Gasteiger charge is -2.51. The molecule has 3 aromatic rings. The Morgan fingerprint density at radius 2 is 1.37 bits per heavy atom. The third kappa shape index (κ3) is 4.07. The first-order chi connectivity index (χ1) is 14.6. The largest absolute Gasteiger partial charge is 0.296 e. The van der Waals surface area contributed by atoms with Crippen LogP contribution >= 0.6 is 0 Å². The molecule has 0 unspecified atom stereocenters. The van der Waals surface area contributed by atoms with Crippen LogP contribution < -0.4 is 0 Å². The summed E-state index contributed by atoms with van der Waals surface area (Å²) in [7, 11) is 0. The Labute approximate surface area is 177 Å². The van der Waals surface area contributed by atoms with E-state index in [2.05, 4.69) is 28.5 Å². The fourth-order valence-electron chi connectivity index (χ4n) is 4.48. The third-order valence-electron chi connectivity index (χ3n) is 5.93. The standard InChI is InChI=1S/C26H26F2N2/c1-2-16-29-17-18-30(19-21-6-4-3-5-7-21)26(20-29,22-8-12-24(27)13-9-22)23-10-14-25(28)15-11-23/h2-15H,1,16-20H2. The van der Waals surface area contributed by atoms with E-state index in [1.807, 2.05) is 48.5 Å². The van der Waals surface area contributed by atoms with Crippen LogP contribution in [-0.4, -0.2) is 36.0 Å². The number of piperazine rings is 1. The van der Waals surface area contributed by atoms with E-state index in [1.54, 1.807) is 0 Å². The van der Waals surface area contributed by atoms with Gasteiger partial charge in [0.05, 0.1) is 5.54 Å². The van der Waals surface area contributed by atoms with Crippen LogP contribution in [0, 0.1) is 11.6 Å². The van der Waals surface area contributed by atoms with Gasteiger partial charge in [-0.3, -0.25) is 9.80 Å². The maximum Gasteiger partial charge on any atom is 0.123 e. The molecule has 2 nitrogen and oxygen atoms in total. The third-order valence-corrected chi connectivity index (χ3v) is 5.93. The van der Waals surface area contributed by atoms with Crippen LogP contribution in [0.5, 0.6) is 0 Å². The van der Waals surface area contributed by atoms with E-state index >= 15 is 0 Å². The quantitative estimate of drug-likeness (QED) is 0.520. The van der Waals surface area contributed by atoms with Crippen molar-refractivity contribution in [2.24, 2.45) is 0 Å². The molecule has 30 heavy (non-hydrogen) atoms. The predicted molar refractivity (Wildman–Crippen MR) is 117 cm³/mol. The number of benzene rings is 3. The molecule has 0 saturated carbocycles. The van der Waals surface area contributed by atoms with Gasteiger partial charge in [0.1, 0.15) is 11.6 Å². The highest BCUT2D eigenvalue weighted by Crippen LogP contribution is 2.40. The van der Waals surface area contributed by atoms with Gasteiger partial charge in [0, 0.05) is 32.7 Å². The summed E-state index contributed by atoms with van der Waals surface area (Å²) in [6.07, 6.45) is 1.91. The molecule has 1 heterocycles. The lowest BCUT2D eigenvalue weighted by atomic mass is 9.78. The Balaban J connectivity index is 1.86. The SMILES string of the molecule is C=CCN1CCN(Cc2ccccc2)C(c2ccc(F)cc2)(c2ccc(F)cc2)C1. The number of hydrogen-bond acceptors (Lipinski definition) is 2. The minimum atomic E-state index is -0.529. The fourth-order valence-corrected chi connectivity index (χ4v) is 4.48. The van der Waals surface area contributed by atoms with Crippen molar-refractivity contribution in [1.82, 2.24) is 9.80 Å². The average molecular weight is 405 g/mol. The van der Waals surface area contributed by atoms with Gasteiger partial charge in [-0.25, -0.2) is 8.78 Å². The second-order valence-electron chi connectivity index (χ2n) is 7.81. The first kappa shape index (κ1) is 20.5. The molecule has 154 valence electrons. The molecule has 1 aliphatic rings. The van der Waals surface area contributed by atoms with Crippen LogP contribution in [0.1, 0.15) is 16.7 Å². The van der Waals surface area contributed by atoms with Crippen molar-refractivity contribution < 1.29 is 8.78 Å². The first-order valence-electron chi connectivity index (χ1n) is 10.3. The van der Waals surface area contributed by atoms with Crippen LogP contribution in [0.25, 0.3) is 0 Å². The summed E-state index contributed by atoms with van der Waals surface area (Å²) < 4.78 is 27.6. The number of halogens is 2. The van der Waals surface area contributed by atoms with Gasteiger partial charge in [-0.15, -0.1) is 6.58 Å². The maximum atomic E-state index is 13.8. The molecule has 4 rings (SSSR count). The van der Waals surface area contributed by atoms with Gasteiger partial charge in [0.2, 0.25) is 0 Å². The second-order valence-corrected chi connectivity index (χ2v) is 7.81. The van der Waals surface area contributed by atoms with Gasteiger partial charge in [-0.2, -0.15) is 0 Å². The molecule has 0 atom stereocenters. The molecule has 0 aromatic heterocycles. The number of rotatable bonds is 6. The van der Waals surface area contributed by atoms with Crippen molar-refractivity contribution in [1.29, 1.82) is 0 Å². The Morgan fingerprint density at radius 1 is 0.800 bits per heavy atom. The highest BCUT2D eigenvalue weighted by Gasteiger charge is 2.44. The van der Waals surface area contributed by atoms with Gasteiger partial charge in [0.15, 0.2) is 0 Å². The second kappa shape index (κ2) is 8.90. The molecule has 0 spiro atoms. The average Bonchev–Trinajstić information content (AvgIpc) is 2.77. The van der Waals surface area contributed by atoms with E-state index < -0.39 is 5.54 Å². The van der Waals surface area contributed by atoms with Crippen LogP contribution in [0.2, 0.25) is 0 Å². The zero-order chi connectivity index (χ0) is 21.0. The normalized spacial score (nSPS) is 17.0. The monoisotopic (exact) mass is 404 g/mol. The minimum absolute atomic E-state index is 0.263. The van der Waals surface area contributed by atoms with Crippen molar-refractivity contribution in [3.63, 3.8) is 0 Å². The fraction of sp³-hybridized carbons (Fsp3) is 0.231.